The topological polar surface area (TPSA) is 69.0 Å². The zero-order valence-electron chi connectivity index (χ0n) is 12.7. The molecule has 1 amide bonds. The fourth-order valence-electron chi connectivity index (χ4n) is 1.60. The van der Waals surface area contributed by atoms with E-state index in [1.54, 1.807) is 24.3 Å². The van der Waals surface area contributed by atoms with E-state index in [9.17, 15) is 18.0 Å². The number of amides is 1. The van der Waals surface area contributed by atoms with Gasteiger partial charge in [-0.25, -0.2) is 4.68 Å². The minimum Gasteiger partial charge on any atom is -0.497 e. The molecule has 0 aliphatic carbocycles. The SMILES string of the molecule is COc1cccc(-n2cc(NC(=O)C(C)(C)C(F)(F)F)nn2)c1. The van der Waals surface area contributed by atoms with Gasteiger partial charge in [-0.3, -0.25) is 4.79 Å². The maximum atomic E-state index is 12.8. The number of benzene rings is 1. The van der Waals surface area contributed by atoms with Gasteiger partial charge in [-0.1, -0.05) is 11.3 Å². The number of halogens is 3. The van der Waals surface area contributed by atoms with Crippen LogP contribution in [0.15, 0.2) is 30.5 Å². The number of alkyl halides is 3. The van der Waals surface area contributed by atoms with E-state index >= 15 is 0 Å². The molecule has 0 aliphatic heterocycles. The van der Waals surface area contributed by atoms with Gasteiger partial charge in [0.25, 0.3) is 0 Å². The van der Waals surface area contributed by atoms with Crippen LogP contribution in [-0.4, -0.2) is 34.2 Å². The summed E-state index contributed by atoms with van der Waals surface area (Å²) in [6.45, 7) is 1.60. The molecule has 1 heterocycles. The van der Waals surface area contributed by atoms with E-state index in [0.29, 0.717) is 11.4 Å². The van der Waals surface area contributed by atoms with Crippen LogP contribution in [0, 0.1) is 5.41 Å². The fourth-order valence-corrected chi connectivity index (χ4v) is 1.60. The summed E-state index contributed by atoms with van der Waals surface area (Å²) in [4.78, 5) is 11.8. The standard InChI is InChI=1S/C14H15F3N4O2/c1-13(2,14(15,16)17)12(22)18-11-8-21(20-19-11)9-5-4-6-10(7-9)23-3/h4-8H,1-3H3,(H,18,22). The van der Waals surface area contributed by atoms with E-state index in [1.165, 1.54) is 18.0 Å². The summed E-state index contributed by atoms with van der Waals surface area (Å²) in [6, 6.07) is 6.83. The van der Waals surface area contributed by atoms with Crippen LogP contribution in [0.25, 0.3) is 5.69 Å². The van der Waals surface area contributed by atoms with E-state index in [0.717, 1.165) is 13.8 Å². The molecule has 1 N–H and O–H groups in total. The lowest BCUT2D eigenvalue weighted by molar-refractivity contribution is -0.208. The van der Waals surface area contributed by atoms with Crippen LogP contribution in [0.5, 0.6) is 5.75 Å². The number of nitrogens with zero attached hydrogens (tertiary/aromatic N) is 3. The molecule has 0 spiro atoms. The lowest BCUT2D eigenvalue weighted by Gasteiger charge is -2.25. The van der Waals surface area contributed by atoms with Crippen molar-refractivity contribution in [2.24, 2.45) is 5.41 Å². The summed E-state index contributed by atoms with van der Waals surface area (Å²) < 4.78 is 44.9. The molecule has 1 aromatic heterocycles. The molecule has 0 fully saturated rings. The quantitative estimate of drug-likeness (QED) is 0.937. The third-order valence-electron chi connectivity index (χ3n) is 3.33. The molecule has 0 unspecified atom stereocenters. The number of anilines is 1. The number of hydrogen-bond donors (Lipinski definition) is 1. The van der Waals surface area contributed by atoms with E-state index < -0.39 is 17.5 Å². The molecular weight excluding hydrogens is 313 g/mol. The van der Waals surface area contributed by atoms with Crippen LogP contribution in [0.1, 0.15) is 13.8 Å². The minimum absolute atomic E-state index is 0.0739. The van der Waals surface area contributed by atoms with Gasteiger partial charge in [-0.2, -0.15) is 13.2 Å². The Labute approximate surface area is 130 Å². The summed E-state index contributed by atoms with van der Waals surface area (Å²) in [5.41, 5.74) is -1.94. The van der Waals surface area contributed by atoms with Crippen LogP contribution >= 0.6 is 0 Å². The van der Waals surface area contributed by atoms with Crippen molar-refractivity contribution in [3.8, 4) is 11.4 Å². The highest BCUT2D eigenvalue weighted by Crippen LogP contribution is 2.38. The maximum Gasteiger partial charge on any atom is 0.402 e. The fraction of sp³-hybridized carbons (Fsp3) is 0.357. The van der Waals surface area contributed by atoms with Gasteiger partial charge in [0.15, 0.2) is 5.82 Å². The molecule has 9 heteroatoms. The first-order valence-corrected chi connectivity index (χ1v) is 6.60. The van der Waals surface area contributed by atoms with Crippen LogP contribution < -0.4 is 10.1 Å². The van der Waals surface area contributed by atoms with E-state index in [1.807, 2.05) is 0 Å². The second-order valence-electron chi connectivity index (χ2n) is 5.33. The lowest BCUT2D eigenvalue weighted by Crippen LogP contribution is -2.43. The summed E-state index contributed by atoms with van der Waals surface area (Å²) in [7, 11) is 1.51. The van der Waals surface area contributed by atoms with Crippen molar-refractivity contribution < 1.29 is 22.7 Å². The van der Waals surface area contributed by atoms with Gasteiger partial charge in [0.2, 0.25) is 5.91 Å². The van der Waals surface area contributed by atoms with E-state index in [2.05, 4.69) is 15.6 Å². The summed E-state index contributed by atoms with van der Waals surface area (Å²) in [5.74, 6) is -0.695. The Hall–Kier alpha value is -2.58. The Morgan fingerprint density at radius 2 is 2.00 bits per heavy atom. The molecule has 0 radical (unpaired) electrons. The second-order valence-corrected chi connectivity index (χ2v) is 5.33. The molecule has 0 saturated heterocycles. The molecule has 0 atom stereocenters. The highest BCUT2D eigenvalue weighted by atomic mass is 19.4. The number of nitrogens with one attached hydrogen (secondary N) is 1. The minimum atomic E-state index is -4.67. The number of rotatable bonds is 4. The largest absolute Gasteiger partial charge is 0.497 e. The third kappa shape index (κ3) is 3.43. The Kier molecular flexibility index (Phi) is 4.31. The predicted octanol–water partition coefficient (Wildman–Crippen LogP) is 2.80. The molecule has 2 rings (SSSR count). The number of hydrogen-bond acceptors (Lipinski definition) is 4. The Morgan fingerprint density at radius 3 is 2.61 bits per heavy atom. The summed E-state index contributed by atoms with van der Waals surface area (Å²) >= 11 is 0. The van der Waals surface area contributed by atoms with Crippen molar-refractivity contribution in [3.05, 3.63) is 30.5 Å². The average molecular weight is 328 g/mol. The van der Waals surface area contributed by atoms with Gasteiger partial charge in [-0.05, 0) is 26.0 Å². The zero-order valence-corrected chi connectivity index (χ0v) is 12.7. The zero-order chi connectivity index (χ0) is 17.3. The van der Waals surface area contributed by atoms with Gasteiger partial charge in [0, 0.05) is 6.07 Å². The lowest BCUT2D eigenvalue weighted by atomic mass is 9.91. The molecule has 0 bridgehead atoms. The first-order valence-electron chi connectivity index (χ1n) is 6.60. The Bertz CT molecular complexity index is 710. The molecule has 2 aromatic rings. The molecule has 6 nitrogen and oxygen atoms in total. The second kappa shape index (κ2) is 5.90. The predicted molar refractivity (Wildman–Crippen MR) is 76.4 cm³/mol. The Balaban J connectivity index is 2.18. The number of ether oxygens (including phenoxy) is 1. The molecule has 23 heavy (non-hydrogen) atoms. The van der Waals surface area contributed by atoms with Crippen LogP contribution in [0.2, 0.25) is 0 Å². The molecule has 0 aliphatic rings. The number of aromatic nitrogens is 3. The van der Waals surface area contributed by atoms with Crippen molar-refractivity contribution in [2.45, 2.75) is 20.0 Å². The maximum absolute atomic E-state index is 12.8. The van der Waals surface area contributed by atoms with Crippen LogP contribution in [-0.2, 0) is 4.79 Å². The van der Waals surface area contributed by atoms with Gasteiger partial charge in [0.1, 0.15) is 11.2 Å². The summed E-state index contributed by atoms with van der Waals surface area (Å²) in [6.07, 6.45) is -3.35. The molecule has 0 saturated carbocycles. The highest BCUT2D eigenvalue weighted by molar-refractivity contribution is 5.94. The smallest absolute Gasteiger partial charge is 0.402 e. The normalized spacial score (nSPS) is 12.1. The van der Waals surface area contributed by atoms with Gasteiger partial charge in [-0.15, -0.1) is 5.10 Å². The monoisotopic (exact) mass is 328 g/mol. The number of carbonyl (C=O) groups is 1. The number of methoxy groups -OCH3 is 1. The van der Waals surface area contributed by atoms with Crippen molar-refractivity contribution in [1.82, 2.24) is 15.0 Å². The molecular formula is C14H15F3N4O2. The van der Waals surface area contributed by atoms with Crippen LogP contribution in [0.4, 0.5) is 19.0 Å². The summed E-state index contributed by atoms with van der Waals surface area (Å²) in [5, 5.41) is 9.55. The first kappa shape index (κ1) is 16.8. The average Bonchev–Trinajstić information content (AvgIpc) is 2.94. The van der Waals surface area contributed by atoms with Crippen molar-refractivity contribution in [3.63, 3.8) is 0 Å². The molecule has 1 aromatic carbocycles. The van der Waals surface area contributed by atoms with Gasteiger partial charge in [0.05, 0.1) is 19.0 Å². The van der Waals surface area contributed by atoms with E-state index in [4.69, 9.17) is 4.74 Å². The van der Waals surface area contributed by atoms with Crippen molar-refractivity contribution >= 4 is 11.7 Å². The van der Waals surface area contributed by atoms with Crippen molar-refractivity contribution in [2.75, 3.05) is 12.4 Å². The number of carbonyl (C=O) groups excluding carboxylic acids is 1. The third-order valence-corrected chi connectivity index (χ3v) is 3.33. The van der Waals surface area contributed by atoms with Gasteiger partial charge >= 0.3 is 6.18 Å². The van der Waals surface area contributed by atoms with E-state index in [-0.39, 0.29) is 5.82 Å². The Morgan fingerprint density at radius 1 is 1.30 bits per heavy atom. The van der Waals surface area contributed by atoms with Crippen molar-refractivity contribution in [1.29, 1.82) is 0 Å². The molecule has 124 valence electrons. The van der Waals surface area contributed by atoms with Gasteiger partial charge < -0.3 is 10.1 Å². The highest BCUT2D eigenvalue weighted by Gasteiger charge is 2.53. The van der Waals surface area contributed by atoms with Crippen LogP contribution in [0.3, 0.4) is 0 Å². The first-order chi connectivity index (χ1) is 10.6.